The summed E-state index contributed by atoms with van der Waals surface area (Å²) in [7, 11) is -3.51. The summed E-state index contributed by atoms with van der Waals surface area (Å²) in [6.45, 7) is 5.92. The summed E-state index contributed by atoms with van der Waals surface area (Å²) in [4.78, 5) is 0. The maximum Gasteiger partial charge on any atom is 0.273 e. The van der Waals surface area contributed by atoms with Crippen molar-refractivity contribution >= 4 is 10.0 Å². The van der Waals surface area contributed by atoms with Gasteiger partial charge in [-0.2, -0.15) is 0 Å². The van der Waals surface area contributed by atoms with Crippen molar-refractivity contribution in [3.63, 3.8) is 0 Å². The van der Waals surface area contributed by atoms with Gasteiger partial charge in [-0.15, -0.1) is 0 Å². The van der Waals surface area contributed by atoms with Crippen LogP contribution < -0.4 is 10.0 Å². The van der Waals surface area contributed by atoms with E-state index in [1.807, 2.05) is 6.92 Å². The summed E-state index contributed by atoms with van der Waals surface area (Å²) in [5.74, 6) is 1.71. The van der Waals surface area contributed by atoms with E-state index in [-0.39, 0.29) is 5.09 Å². The van der Waals surface area contributed by atoms with Crippen LogP contribution in [0.2, 0.25) is 0 Å². The smallest absolute Gasteiger partial charge is 0.273 e. The standard InChI is InChI=1S/C13H22N2O3S/c1-3-14-9-12-6-7-13(18-12)19(16,17)15-8-10(2)11-4-5-11/h6-7,10-11,14-15H,3-5,8-9H2,1-2H3. The van der Waals surface area contributed by atoms with Gasteiger partial charge in [-0.25, -0.2) is 13.1 Å². The third kappa shape index (κ3) is 4.06. The van der Waals surface area contributed by atoms with Crippen LogP contribution in [0.3, 0.4) is 0 Å². The molecule has 2 N–H and O–H groups in total. The summed E-state index contributed by atoms with van der Waals surface area (Å²) in [5, 5.41) is 3.10. The second kappa shape index (κ2) is 6.07. The first-order valence-electron chi connectivity index (χ1n) is 6.82. The fraction of sp³-hybridized carbons (Fsp3) is 0.692. The van der Waals surface area contributed by atoms with Gasteiger partial charge in [-0.3, -0.25) is 0 Å². The highest BCUT2D eigenvalue weighted by Crippen LogP contribution is 2.36. The molecule has 1 saturated carbocycles. The Hall–Kier alpha value is -0.850. The van der Waals surface area contributed by atoms with Gasteiger partial charge in [0.25, 0.3) is 10.0 Å². The van der Waals surface area contributed by atoms with Crippen molar-refractivity contribution in [3.05, 3.63) is 17.9 Å². The van der Waals surface area contributed by atoms with Gasteiger partial charge in [-0.05, 0) is 43.4 Å². The van der Waals surface area contributed by atoms with Gasteiger partial charge in [-0.1, -0.05) is 13.8 Å². The SMILES string of the molecule is CCNCc1ccc(S(=O)(=O)NCC(C)C2CC2)o1. The molecule has 0 saturated heterocycles. The molecular weight excluding hydrogens is 264 g/mol. The Morgan fingerprint density at radius 2 is 2.16 bits per heavy atom. The van der Waals surface area contributed by atoms with Crippen molar-refractivity contribution in [3.8, 4) is 0 Å². The predicted molar refractivity (Wildman–Crippen MR) is 73.2 cm³/mol. The third-order valence-corrected chi connectivity index (χ3v) is 4.77. The van der Waals surface area contributed by atoms with E-state index in [9.17, 15) is 8.42 Å². The topological polar surface area (TPSA) is 71.3 Å². The Morgan fingerprint density at radius 3 is 2.79 bits per heavy atom. The minimum Gasteiger partial charge on any atom is -0.447 e. The largest absolute Gasteiger partial charge is 0.447 e. The zero-order valence-corrected chi connectivity index (χ0v) is 12.3. The van der Waals surface area contributed by atoms with Crippen molar-refractivity contribution in [1.82, 2.24) is 10.0 Å². The number of rotatable bonds is 8. The molecule has 1 atom stereocenters. The predicted octanol–water partition coefficient (Wildman–Crippen LogP) is 1.71. The number of furan rings is 1. The van der Waals surface area contributed by atoms with Crippen LogP contribution in [0.15, 0.2) is 21.6 Å². The highest BCUT2D eigenvalue weighted by molar-refractivity contribution is 7.89. The van der Waals surface area contributed by atoms with E-state index in [0.717, 1.165) is 6.54 Å². The highest BCUT2D eigenvalue weighted by atomic mass is 32.2. The van der Waals surface area contributed by atoms with E-state index in [1.165, 1.54) is 18.9 Å². The number of sulfonamides is 1. The van der Waals surface area contributed by atoms with E-state index in [0.29, 0.717) is 30.7 Å². The van der Waals surface area contributed by atoms with Gasteiger partial charge in [0.15, 0.2) is 0 Å². The first-order valence-corrected chi connectivity index (χ1v) is 8.30. The lowest BCUT2D eigenvalue weighted by Crippen LogP contribution is -2.28. The fourth-order valence-corrected chi connectivity index (χ4v) is 3.08. The van der Waals surface area contributed by atoms with E-state index in [4.69, 9.17) is 4.42 Å². The van der Waals surface area contributed by atoms with E-state index < -0.39 is 10.0 Å². The molecule has 6 heteroatoms. The normalized spacial score (nSPS) is 17.6. The Labute approximate surface area is 114 Å². The average Bonchev–Trinajstić information content (AvgIpc) is 3.12. The van der Waals surface area contributed by atoms with Crippen molar-refractivity contribution in [1.29, 1.82) is 0 Å². The summed E-state index contributed by atoms with van der Waals surface area (Å²) in [6.07, 6.45) is 2.44. The van der Waals surface area contributed by atoms with E-state index in [1.54, 1.807) is 6.07 Å². The molecule has 0 aromatic carbocycles. The van der Waals surface area contributed by atoms with Crippen LogP contribution in [0.4, 0.5) is 0 Å². The number of hydrogen-bond donors (Lipinski definition) is 2. The quantitative estimate of drug-likeness (QED) is 0.763. The molecule has 0 aliphatic heterocycles. The third-order valence-electron chi connectivity index (χ3n) is 3.47. The molecule has 19 heavy (non-hydrogen) atoms. The maximum absolute atomic E-state index is 12.0. The lowest BCUT2D eigenvalue weighted by Gasteiger charge is -2.10. The minimum absolute atomic E-state index is 0.00315. The molecule has 0 bridgehead atoms. The highest BCUT2D eigenvalue weighted by Gasteiger charge is 2.29. The number of nitrogens with one attached hydrogen (secondary N) is 2. The second-order valence-electron chi connectivity index (χ2n) is 5.17. The van der Waals surface area contributed by atoms with Crippen molar-refractivity contribution in [2.75, 3.05) is 13.1 Å². The summed E-state index contributed by atoms with van der Waals surface area (Å²) in [6, 6.07) is 3.21. The minimum atomic E-state index is -3.51. The number of hydrogen-bond acceptors (Lipinski definition) is 4. The molecule has 0 spiro atoms. The van der Waals surface area contributed by atoms with Crippen molar-refractivity contribution < 1.29 is 12.8 Å². The summed E-state index contributed by atoms with van der Waals surface area (Å²) >= 11 is 0. The molecule has 1 aromatic heterocycles. The molecular formula is C13H22N2O3S. The summed E-state index contributed by atoms with van der Waals surface area (Å²) in [5.41, 5.74) is 0. The van der Waals surface area contributed by atoms with Crippen LogP contribution in [0.25, 0.3) is 0 Å². The second-order valence-corrected chi connectivity index (χ2v) is 6.87. The van der Waals surface area contributed by atoms with Crippen LogP contribution in [-0.2, 0) is 16.6 Å². The van der Waals surface area contributed by atoms with Gasteiger partial charge in [0, 0.05) is 6.54 Å². The van der Waals surface area contributed by atoms with E-state index >= 15 is 0 Å². The van der Waals surface area contributed by atoms with Crippen molar-refractivity contribution in [2.24, 2.45) is 11.8 Å². The molecule has 1 fully saturated rings. The van der Waals surface area contributed by atoms with Crippen LogP contribution in [0, 0.1) is 11.8 Å². The van der Waals surface area contributed by atoms with Crippen LogP contribution in [0.5, 0.6) is 0 Å². The molecule has 0 radical (unpaired) electrons. The van der Waals surface area contributed by atoms with Gasteiger partial charge in [0.1, 0.15) is 5.76 Å². The molecule has 1 unspecified atom stereocenters. The van der Waals surface area contributed by atoms with Gasteiger partial charge >= 0.3 is 0 Å². The average molecular weight is 286 g/mol. The molecule has 1 aliphatic carbocycles. The molecule has 1 heterocycles. The molecule has 2 rings (SSSR count). The Bertz CT molecular complexity index is 506. The maximum atomic E-state index is 12.0. The molecule has 5 nitrogen and oxygen atoms in total. The molecule has 1 aliphatic rings. The first-order chi connectivity index (χ1) is 9.03. The van der Waals surface area contributed by atoms with Crippen molar-refractivity contribution in [2.45, 2.75) is 38.3 Å². The monoisotopic (exact) mass is 286 g/mol. The Balaban J connectivity index is 1.92. The van der Waals surface area contributed by atoms with Gasteiger partial charge in [0.2, 0.25) is 5.09 Å². The lowest BCUT2D eigenvalue weighted by atomic mass is 10.1. The summed E-state index contributed by atoms with van der Waals surface area (Å²) < 4.78 is 32.1. The zero-order chi connectivity index (χ0) is 13.9. The molecule has 0 amide bonds. The first kappa shape index (κ1) is 14.6. The van der Waals surface area contributed by atoms with Crippen LogP contribution in [-0.4, -0.2) is 21.5 Å². The van der Waals surface area contributed by atoms with Crippen LogP contribution >= 0.6 is 0 Å². The van der Waals surface area contributed by atoms with Gasteiger partial charge < -0.3 is 9.73 Å². The zero-order valence-electron chi connectivity index (χ0n) is 11.5. The van der Waals surface area contributed by atoms with E-state index in [2.05, 4.69) is 17.0 Å². The molecule has 1 aromatic rings. The lowest BCUT2D eigenvalue weighted by molar-refractivity contribution is 0.398. The van der Waals surface area contributed by atoms with Crippen LogP contribution in [0.1, 0.15) is 32.4 Å². The fourth-order valence-electron chi connectivity index (χ4n) is 1.99. The Morgan fingerprint density at radius 1 is 1.42 bits per heavy atom. The Kier molecular flexibility index (Phi) is 4.65. The van der Waals surface area contributed by atoms with Gasteiger partial charge in [0.05, 0.1) is 6.54 Å². The molecule has 108 valence electrons.